The number of imidazole rings is 1. The minimum Gasteiger partial charge on any atom is -0.394 e. The van der Waals surface area contributed by atoms with Crippen molar-refractivity contribution in [2.75, 3.05) is 6.61 Å². The van der Waals surface area contributed by atoms with Crippen molar-refractivity contribution in [1.82, 2.24) is 9.55 Å². The lowest BCUT2D eigenvalue weighted by molar-refractivity contribution is 0.0995. The molecule has 3 N–H and O–H groups in total. The first kappa shape index (κ1) is 13.7. The second-order valence-electron chi connectivity index (χ2n) is 4.26. The number of aliphatic hydroxyl groups is 1. The number of nitrogens with two attached hydrogens (primary N) is 1. The molecule has 0 spiro atoms. The quantitative estimate of drug-likeness (QED) is 0.674. The highest BCUT2D eigenvalue weighted by Gasteiger charge is 2.12. The fraction of sp³-hybridized carbons (Fsp3) is 0.667. The number of aromatic nitrogens is 2. The van der Waals surface area contributed by atoms with Gasteiger partial charge in [0.1, 0.15) is 5.69 Å². The Balaban J connectivity index is 2.50. The molecule has 1 aromatic rings. The van der Waals surface area contributed by atoms with E-state index in [0.29, 0.717) is 0 Å². The Morgan fingerprint density at radius 1 is 1.53 bits per heavy atom. The smallest absolute Gasteiger partial charge is 0.268 e. The Bertz CT molecular complexity index is 349. The lowest BCUT2D eigenvalue weighted by Gasteiger charge is -2.15. The Morgan fingerprint density at radius 2 is 2.29 bits per heavy atom. The molecule has 0 radical (unpaired) electrons. The number of primary amides is 1. The third-order valence-electron chi connectivity index (χ3n) is 2.88. The summed E-state index contributed by atoms with van der Waals surface area (Å²) in [6, 6.07) is -0.00699. The molecule has 1 heterocycles. The van der Waals surface area contributed by atoms with Gasteiger partial charge in [-0.2, -0.15) is 0 Å². The average Bonchev–Trinajstić information content (AvgIpc) is 2.79. The number of aliphatic hydroxyl groups excluding tert-OH is 1. The number of amides is 1. The van der Waals surface area contributed by atoms with Crippen molar-refractivity contribution < 1.29 is 9.90 Å². The Kier molecular flexibility index (Phi) is 5.69. The number of unbranched alkanes of at least 4 members (excludes halogenated alkanes) is 3. The largest absolute Gasteiger partial charge is 0.394 e. The van der Waals surface area contributed by atoms with Gasteiger partial charge >= 0.3 is 0 Å². The summed E-state index contributed by atoms with van der Waals surface area (Å²) in [6.45, 7) is 2.22. The predicted molar refractivity (Wildman–Crippen MR) is 65.6 cm³/mol. The number of hydrogen-bond donors (Lipinski definition) is 2. The van der Waals surface area contributed by atoms with Crippen LogP contribution in [0.4, 0.5) is 0 Å². The molecule has 0 aliphatic carbocycles. The molecule has 96 valence electrons. The van der Waals surface area contributed by atoms with Gasteiger partial charge in [-0.05, 0) is 6.42 Å². The van der Waals surface area contributed by atoms with E-state index in [-0.39, 0.29) is 18.3 Å². The van der Waals surface area contributed by atoms with Gasteiger partial charge in [-0.15, -0.1) is 0 Å². The summed E-state index contributed by atoms with van der Waals surface area (Å²) >= 11 is 0. The molecule has 0 fully saturated rings. The number of hydrogen-bond acceptors (Lipinski definition) is 3. The van der Waals surface area contributed by atoms with Crippen molar-refractivity contribution in [2.24, 2.45) is 5.73 Å². The van der Waals surface area contributed by atoms with E-state index in [4.69, 9.17) is 5.73 Å². The van der Waals surface area contributed by atoms with Crippen molar-refractivity contribution in [3.63, 3.8) is 0 Å². The fourth-order valence-electron chi connectivity index (χ4n) is 1.81. The highest BCUT2D eigenvalue weighted by Crippen LogP contribution is 2.16. The molecule has 1 unspecified atom stereocenters. The zero-order chi connectivity index (χ0) is 12.7. The van der Waals surface area contributed by atoms with E-state index in [1.165, 1.54) is 19.3 Å². The Hall–Kier alpha value is -1.36. The van der Waals surface area contributed by atoms with Gasteiger partial charge in [-0.25, -0.2) is 4.98 Å². The molecule has 0 aliphatic rings. The highest BCUT2D eigenvalue weighted by atomic mass is 16.3. The molecule has 5 heteroatoms. The standard InChI is InChI=1S/C12H21N3O2/c1-2-3-4-5-6-10(8-16)15-7-11(12(13)17)14-9-15/h7,9-10,16H,2-6,8H2,1H3,(H2,13,17). The van der Waals surface area contributed by atoms with Crippen LogP contribution < -0.4 is 5.73 Å². The summed E-state index contributed by atoms with van der Waals surface area (Å²) in [5.41, 5.74) is 5.38. The lowest BCUT2D eigenvalue weighted by atomic mass is 10.1. The van der Waals surface area contributed by atoms with Gasteiger partial charge in [-0.1, -0.05) is 32.6 Å². The van der Waals surface area contributed by atoms with E-state index in [2.05, 4.69) is 11.9 Å². The van der Waals surface area contributed by atoms with Gasteiger partial charge in [0, 0.05) is 6.20 Å². The molecule has 0 bridgehead atoms. The van der Waals surface area contributed by atoms with Gasteiger partial charge in [0.2, 0.25) is 0 Å². The van der Waals surface area contributed by atoms with Crippen LogP contribution in [0, 0.1) is 0 Å². The number of nitrogens with zero attached hydrogens (tertiary/aromatic N) is 2. The molecule has 1 atom stereocenters. The molecule has 1 rings (SSSR count). The molecule has 0 aromatic carbocycles. The van der Waals surface area contributed by atoms with E-state index in [0.717, 1.165) is 12.8 Å². The summed E-state index contributed by atoms with van der Waals surface area (Å²) < 4.78 is 1.77. The van der Waals surface area contributed by atoms with E-state index < -0.39 is 5.91 Å². The van der Waals surface area contributed by atoms with Crippen molar-refractivity contribution in [1.29, 1.82) is 0 Å². The summed E-state index contributed by atoms with van der Waals surface area (Å²) in [7, 11) is 0. The first-order valence-corrected chi connectivity index (χ1v) is 6.13. The Morgan fingerprint density at radius 3 is 2.82 bits per heavy atom. The first-order valence-electron chi connectivity index (χ1n) is 6.13. The average molecular weight is 239 g/mol. The number of carbonyl (C=O) groups excluding carboxylic acids is 1. The van der Waals surface area contributed by atoms with E-state index in [9.17, 15) is 9.90 Å². The van der Waals surface area contributed by atoms with Crippen LogP contribution in [0.25, 0.3) is 0 Å². The molecule has 17 heavy (non-hydrogen) atoms. The molecular weight excluding hydrogens is 218 g/mol. The van der Waals surface area contributed by atoms with E-state index >= 15 is 0 Å². The lowest BCUT2D eigenvalue weighted by Crippen LogP contribution is -2.13. The van der Waals surface area contributed by atoms with Gasteiger partial charge in [-0.3, -0.25) is 4.79 Å². The third kappa shape index (κ3) is 4.19. The summed E-state index contributed by atoms with van der Waals surface area (Å²) in [5, 5.41) is 9.32. The predicted octanol–water partition coefficient (Wildman–Crippen LogP) is 1.49. The van der Waals surface area contributed by atoms with Gasteiger partial charge in [0.15, 0.2) is 0 Å². The second kappa shape index (κ2) is 7.06. The van der Waals surface area contributed by atoms with Crippen LogP contribution in [0.1, 0.15) is 55.6 Å². The monoisotopic (exact) mass is 239 g/mol. The SMILES string of the molecule is CCCCCCC(CO)n1cnc(C(N)=O)c1. The molecule has 5 nitrogen and oxygen atoms in total. The van der Waals surface area contributed by atoms with E-state index in [1.807, 2.05) is 0 Å². The summed E-state index contributed by atoms with van der Waals surface area (Å²) in [6.07, 6.45) is 8.71. The fourth-order valence-corrected chi connectivity index (χ4v) is 1.81. The molecule has 1 aromatic heterocycles. The van der Waals surface area contributed by atoms with Gasteiger partial charge < -0.3 is 15.4 Å². The maximum Gasteiger partial charge on any atom is 0.268 e. The van der Waals surface area contributed by atoms with Crippen LogP contribution in [0.15, 0.2) is 12.5 Å². The van der Waals surface area contributed by atoms with Crippen molar-refractivity contribution in [3.8, 4) is 0 Å². The number of rotatable bonds is 8. The van der Waals surface area contributed by atoms with Crippen LogP contribution in [0.3, 0.4) is 0 Å². The van der Waals surface area contributed by atoms with Gasteiger partial charge in [0.05, 0.1) is 19.0 Å². The summed E-state index contributed by atoms with van der Waals surface area (Å²) in [4.78, 5) is 14.8. The van der Waals surface area contributed by atoms with Crippen LogP contribution in [-0.2, 0) is 0 Å². The number of carbonyl (C=O) groups is 1. The minimum atomic E-state index is -0.536. The van der Waals surface area contributed by atoms with Crippen molar-refractivity contribution in [2.45, 2.75) is 45.1 Å². The van der Waals surface area contributed by atoms with Crippen LogP contribution in [0.5, 0.6) is 0 Å². The molecular formula is C12H21N3O2. The maximum absolute atomic E-state index is 10.9. The van der Waals surface area contributed by atoms with E-state index in [1.54, 1.807) is 17.1 Å². The zero-order valence-corrected chi connectivity index (χ0v) is 10.3. The van der Waals surface area contributed by atoms with Crippen LogP contribution in [0.2, 0.25) is 0 Å². The topological polar surface area (TPSA) is 81.1 Å². The summed E-state index contributed by atoms with van der Waals surface area (Å²) in [5.74, 6) is -0.536. The highest BCUT2D eigenvalue weighted by molar-refractivity contribution is 5.90. The van der Waals surface area contributed by atoms with Crippen LogP contribution in [-0.4, -0.2) is 27.2 Å². The third-order valence-corrected chi connectivity index (χ3v) is 2.88. The van der Waals surface area contributed by atoms with Crippen LogP contribution >= 0.6 is 0 Å². The zero-order valence-electron chi connectivity index (χ0n) is 10.3. The molecule has 1 amide bonds. The Labute approximate surface area is 102 Å². The minimum absolute atomic E-state index is 0.00699. The normalized spacial score (nSPS) is 12.6. The van der Waals surface area contributed by atoms with Crippen molar-refractivity contribution >= 4 is 5.91 Å². The first-order chi connectivity index (χ1) is 8.19. The van der Waals surface area contributed by atoms with Crippen molar-refractivity contribution in [3.05, 3.63) is 18.2 Å². The second-order valence-corrected chi connectivity index (χ2v) is 4.26. The molecule has 0 aliphatic heterocycles. The molecule has 0 saturated heterocycles. The maximum atomic E-state index is 10.9. The van der Waals surface area contributed by atoms with Gasteiger partial charge in [0.25, 0.3) is 5.91 Å². The molecule has 0 saturated carbocycles.